The van der Waals surface area contributed by atoms with Crippen molar-refractivity contribution in [3.05, 3.63) is 34.3 Å². The monoisotopic (exact) mass is 278 g/mol. The summed E-state index contributed by atoms with van der Waals surface area (Å²) in [5.74, 6) is 0. The first-order chi connectivity index (χ1) is 9.22. The Morgan fingerprint density at radius 3 is 2.95 bits per heavy atom. The number of halogens is 1. The Bertz CT molecular complexity index is 446. The largest absolute Gasteiger partial charge is 0.312 e. The van der Waals surface area contributed by atoms with Crippen LogP contribution in [0.4, 0.5) is 0 Å². The van der Waals surface area contributed by atoms with Crippen molar-refractivity contribution in [3.63, 3.8) is 0 Å². The van der Waals surface area contributed by atoms with Gasteiger partial charge in [-0.3, -0.25) is 0 Å². The minimum absolute atomic E-state index is 0.601. The molecule has 1 aromatic carbocycles. The molecule has 1 fully saturated rings. The molecule has 2 nitrogen and oxygen atoms in total. The Balaban J connectivity index is 1.53. The van der Waals surface area contributed by atoms with Gasteiger partial charge in [0.05, 0.1) is 0 Å². The summed E-state index contributed by atoms with van der Waals surface area (Å²) in [6.07, 6.45) is 6.38. The van der Waals surface area contributed by atoms with E-state index in [2.05, 4.69) is 29.4 Å². The third-order valence-corrected chi connectivity index (χ3v) is 4.90. The first kappa shape index (κ1) is 13.4. The van der Waals surface area contributed by atoms with Crippen molar-refractivity contribution in [3.8, 4) is 0 Å². The highest BCUT2D eigenvalue weighted by Gasteiger charge is 2.24. The molecule has 19 heavy (non-hydrogen) atoms. The molecule has 2 unspecified atom stereocenters. The van der Waals surface area contributed by atoms with E-state index in [0.29, 0.717) is 6.04 Å². The molecule has 2 aliphatic rings. The van der Waals surface area contributed by atoms with Crippen LogP contribution in [0.1, 0.15) is 30.4 Å². The molecule has 2 atom stereocenters. The Labute approximate surface area is 121 Å². The van der Waals surface area contributed by atoms with E-state index in [0.717, 1.165) is 30.5 Å². The van der Waals surface area contributed by atoms with Crippen molar-refractivity contribution in [2.24, 2.45) is 0 Å². The van der Waals surface area contributed by atoms with Gasteiger partial charge < -0.3 is 10.2 Å². The van der Waals surface area contributed by atoms with Gasteiger partial charge in [-0.05, 0) is 62.5 Å². The number of piperidine rings is 1. The van der Waals surface area contributed by atoms with Crippen LogP contribution in [-0.2, 0) is 12.8 Å². The zero-order chi connectivity index (χ0) is 13.2. The van der Waals surface area contributed by atoms with Gasteiger partial charge >= 0.3 is 0 Å². The number of fused-ring (bicyclic) bond motifs is 1. The molecule has 0 radical (unpaired) electrons. The second kappa shape index (κ2) is 5.82. The molecule has 0 bridgehead atoms. The summed E-state index contributed by atoms with van der Waals surface area (Å²) < 4.78 is 0. The first-order valence-corrected chi connectivity index (χ1v) is 7.81. The van der Waals surface area contributed by atoms with Crippen molar-refractivity contribution in [2.45, 2.75) is 44.2 Å². The molecule has 1 heterocycles. The van der Waals surface area contributed by atoms with Crippen LogP contribution in [0.3, 0.4) is 0 Å². The van der Waals surface area contributed by atoms with Crippen molar-refractivity contribution in [1.29, 1.82) is 0 Å². The third-order valence-electron chi connectivity index (χ3n) is 4.66. The summed E-state index contributed by atoms with van der Waals surface area (Å²) in [4.78, 5) is 2.51. The maximum absolute atomic E-state index is 6.06. The van der Waals surface area contributed by atoms with Crippen LogP contribution in [0.15, 0.2) is 18.2 Å². The number of hydrogen-bond acceptors (Lipinski definition) is 2. The van der Waals surface area contributed by atoms with Crippen molar-refractivity contribution >= 4 is 11.6 Å². The van der Waals surface area contributed by atoms with E-state index < -0.39 is 0 Å². The SMILES string of the molecule is CN1CCCCC1CNC1Cc2ccc(Cl)cc2C1. The minimum atomic E-state index is 0.601. The predicted molar refractivity (Wildman–Crippen MR) is 80.9 cm³/mol. The highest BCUT2D eigenvalue weighted by molar-refractivity contribution is 6.30. The molecule has 0 aromatic heterocycles. The molecule has 0 amide bonds. The Morgan fingerprint density at radius 2 is 2.11 bits per heavy atom. The average Bonchev–Trinajstić information content (AvgIpc) is 2.79. The van der Waals surface area contributed by atoms with Gasteiger partial charge in [-0.15, -0.1) is 0 Å². The predicted octanol–water partition coefficient (Wildman–Crippen LogP) is 2.88. The molecule has 1 aliphatic heterocycles. The van der Waals surface area contributed by atoms with Crippen LogP contribution in [0, 0.1) is 0 Å². The Hall–Kier alpha value is -0.570. The molecule has 104 valence electrons. The molecule has 0 saturated carbocycles. The molecule has 0 spiro atoms. The molecule has 1 N–H and O–H groups in total. The summed E-state index contributed by atoms with van der Waals surface area (Å²) >= 11 is 6.06. The zero-order valence-corrected chi connectivity index (χ0v) is 12.4. The van der Waals surface area contributed by atoms with Crippen molar-refractivity contribution in [1.82, 2.24) is 10.2 Å². The maximum atomic E-state index is 6.06. The maximum Gasteiger partial charge on any atom is 0.0408 e. The lowest BCUT2D eigenvalue weighted by molar-refractivity contribution is 0.178. The van der Waals surface area contributed by atoms with E-state index >= 15 is 0 Å². The van der Waals surface area contributed by atoms with Gasteiger partial charge in [-0.1, -0.05) is 24.1 Å². The Kier molecular flexibility index (Phi) is 4.11. The van der Waals surface area contributed by atoms with Crippen LogP contribution in [0.2, 0.25) is 5.02 Å². The van der Waals surface area contributed by atoms with Gasteiger partial charge in [-0.25, -0.2) is 0 Å². The van der Waals surface area contributed by atoms with E-state index in [1.54, 1.807) is 0 Å². The number of rotatable bonds is 3. The minimum Gasteiger partial charge on any atom is -0.312 e. The Morgan fingerprint density at radius 1 is 1.26 bits per heavy atom. The van der Waals surface area contributed by atoms with Gasteiger partial charge in [0.25, 0.3) is 0 Å². The summed E-state index contributed by atoms with van der Waals surface area (Å²) in [5.41, 5.74) is 2.90. The fourth-order valence-corrected chi connectivity index (χ4v) is 3.63. The van der Waals surface area contributed by atoms with E-state index in [1.807, 2.05) is 6.07 Å². The van der Waals surface area contributed by atoms with Crippen LogP contribution >= 0.6 is 11.6 Å². The van der Waals surface area contributed by atoms with Gasteiger partial charge in [0.1, 0.15) is 0 Å². The molecule has 3 heteroatoms. The molecule has 1 aliphatic carbocycles. The van der Waals surface area contributed by atoms with E-state index in [1.165, 1.54) is 36.9 Å². The number of nitrogens with one attached hydrogen (secondary N) is 1. The fraction of sp³-hybridized carbons (Fsp3) is 0.625. The van der Waals surface area contributed by atoms with E-state index in [4.69, 9.17) is 11.6 Å². The molecular formula is C16H23ClN2. The number of nitrogens with zero attached hydrogens (tertiary/aromatic N) is 1. The third kappa shape index (κ3) is 3.13. The highest BCUT2D eigenvalue weighted by Crippen LogP contribution is 2.25. The quantitative estimate of drug-likeness (QED) is 0.915. The van der Waals surface area contributed by atoms with E-state index in [-0.39, 0.29) is 0 Å². The van der Waals surface area contributed by atoms with Gasteiger partial charge in [0, 0.05) is 23.7 Å². The second-order valence-corrected chi connectivity index (χ2v) is 6.49. The van der Waals surface area contributed by atoms with Crippen LogP contribution in [0.5, 0.6) is 0 Å². The molecule has 1 saturated heterocycles. The lowest BCUT2D eigenvalue weighted by Gasteiger charge is -2.33. The number of hydrogen-bond donors (Lipinski definition) is 1. The summed E-state index contributed by atoms with van der Waals surface area (Å²) in [5, 5.41) is 4.63. The summed E-state index contributed by atoms with van der Waals surface area (Å²) in [6.45, 7) is 2.38. The standard InChI is InChI=1S/C16H23ClN2/c1-19-7-3-2-4-16(19)11-18-15-9-12-5-6-14(17)8-13(12)10-15/h5-6,8,15-16,18H,2-4,7,9-11H2,1H3. The summed E-state index contributed by atoms with van der Waals surface area (Å²) in [6, 6.07) is 7.65. The number of likely N-dealkylation sites (tertiary alicyclic amines) is 1. The fourth-order valence-electron chi connectivity index (χ4n) is 3.44. The van der Waals surface area contributed by atoms with Gasteiger partial charge in [0.2, 0.25) is 0 Å². The molecular weight excluding hydrogens is 256 g/mol. The van der Waals surface area contributed by atoms with Crippen LogP contribution in [-0.4, -0.2) is 37.1 Å². The average molecular weight is 279 g/mol. The van der Waals surface area contributed by atoms with Crippen molar-refractivity contribution in [2.75, 3.05) is 20.1 Å². The smallest absolute Gasteiger partial charge is 0.0408 e. The summed E-state index contributed by atoms with van der Waals surface area (Å²) in [7, 11) is 2.26. The first-order valence-electron chi connectivity index (χ1n) is 7.43. The zero-order valence-electron chi connectivity index (χ0n) is 11.7. The number of benzene rings is 1. The molecule has 1 aromatic rings. The lowest BCUT2D eigenvalue weighted by Crippen LogP contribution is -2.45. The highest BCUT2D eigenvalue weighted by atomic mass is 35.5. The topological polar surface area (TPSA) is 15.3 Å². The second-order valence-electron chi connectivity index (χ2n) is 6.06. The lowest BCUT2D eigenvalue weighted by atomic mass is 10.0. The van der Waals surface area contributed by atoms with Crippen molar-refractivity contribution < 1.29 is 0 Å². The van der Waals surface area contributed by atoms with E-state index in [9.17, 15) is 0 Å². The van der Waals surface area contributed by atoms with Gasteiger partial charge in [0.15, 0.2) is 0 Å². The normalized spacial score (nSPS) is 27.5. The van der Waals surface area contributed by atoms with Crippen LogP contribution < -0.4 is 5.32 Å². The molecule has 3 rings (SSSR count). The van der Waals surface area contributed by atoms with Gasteiger partial charge in [-0.2, -0.15) is 0 Å². The van der Waals surface area contributed by atoms with Crippen LogP contribution in [0.25, 0.3) is 0 Å². The number of likely N-dealkylation sites (N-methyl/N-ethyl adjacent to an activating group) is 1.